The molecule has 6 aliphatic carbocycles. The lowest BCUT2D eigenvalue weighted by molar-refractivity contribution is -0.107. The molecule has 1 aromatic carbocycles. The molecule has 33 heavy (non-hydrogen) atoms. The summed E-state index contributed by atoms with van der Waals surface area (Å²) < 4.78 is 0. The van der Waals surface area contributed by atoms with Gasteiger partial charge in [0.1, 0.15) is 8.07 Å². The average molecular weight is 461 g/mol. The Bertz CT molecular complexity index is 857. The average Bonchev–Trinajstić information content (AvgIpc) is 2.77. The molecule has 1 aromatic rings. The molecule has 0 unspecified atom stereocenters. The van der Waals surface area contributed by atoms with E-state index in [9.17, 15) is 0 Å². The summed E-state index contributed by atoms with van der Waals surface area (Å²) in [7, 11) is -1.68. The maximum Gasteiger partial charge on any atom is 0.150 e. The highest BCUT2D eigenvalue weighted by Crippen LogP contribution is 2.70. The zero-order valence-corrected chi connectivity index (χ0v) is 23.8. The van der Waals surface area contributed by atoms with Gasteiger partial charge in [-0.05, 0) is 59.2 Å². The van der Waals surface area contributed by atoms with Crippen LogP contribution in [0.2, 0.25) is 31.0 Å². The Morgan fingerprint density at radius 1 is 0.848 bits per heavy atom. The van der Waals surface area contributed by atoms with Crippen LogP contribution in [0.3, 0.4) is 0 Å². The Morgan fingerprint density at radius 3 is 1.70 bits per heavy atom. The van der Waals surface area contributed by atoms with Crippen LogP contribution < -0.4 is 5.19 Å². The van der Waals surface area contributed by atoms with Crippen molar-refractivity contribution >= 4 is 20.0 Å². The highest BCUT2D eigenvalue weighted by Gasteiger charge is 2.62. The zero-order valence-electron chi connectivity index (χ0n) is 22.8. The number of hydrogen-bond acceptors (Lipinski definition) is 0. The van der Waals surface area contributed by atoms with Crippen molar-refractivity contribution in [1.82, 2.24) is 0 Å². The molecular weight excluding hydrogens is 411 g/mol. The van der Waals surface area contributed by atoms with E-state index in [1.165, 1.54) is 32.0 Å². The fraction of sp³-hybridized carbons (Fsp3) is 0.742. The predicted molar refractivity (Wildman–Crippen MR) is 149 cm³/mol. The summed E-state index contributed by atoms with van der Waals surface area (Å²) in [4.78, 5) is 0. The molecule has 6 fully saturated rings. The molecule has 4 bridgehead atoms. The third-order valence-corrected chi connectivity index (χ3v) is 16.5. The van der Waals surface area contributed by atoms with E-state index < -0.39 is 8.07 Å². The van der Waals surface area contributed by atoms with Crippen molar-refractivity contribution in [3.63, 3.8) is 0 Å². The molecule has 0 spiro atoms. The largest absolute Gasteiger partial charge is 0.150 e. The molecular formula is C31H49BSi. The minimum Gasteiger partial charge on any atom is -0.104 e. The van der Waals surface area contributed by atoms with Gasteiger partial charge < -0.3 is 0 Å². The number of allylic oxidation sites excluding steroid dienone is 1. The third kappa shape index (κ3) is 3.51. The summed E-state index contributed by atoms with van der Waals surface area (Å²) in [5, 5.41) is 3.17. The van der Waals surface area contributed by atoms with Gasteiger partial charge in [-0.15, -0.1) is 6.58 Å². The van der Waals surface area contributed by atoms with Crippen LogP contribution in [0.1, 0.15) is 67.2 Å². The topological polar surface area (TPSA) is 0 Å². The minimum absolute atomic E-state index is 0.581. The first-order valence-electron chi connectivity index (χ1n) is 14.1. The van der Waals surface area contributed by atoms with Crippen LogP contribution in [-0.4, -0.2) is 14.8 Å². The van der Waals surface area contributed by atoms with Crippen molar-refractivity contribution in [1.29, 1.82) is 0 Å². The number of hydrogen-bond donors (Lipinski definition) is 0. The summed E-state index contributed by atoms with van der Waals surface area (Å²) in [6.45, 7) is 26.4. The first kappa shape index (κ1) is 24.0. The van der Waals surface area contributed by atoms with Crippen LogP contribution in [0.5, 0.6) is 0 Å². The second-order valence-electron chi connectivity index (χ2n) is 14.7. The molecule has 0 radical (unpaired) electrons. The SMILES string of the molecule is C=C(CB([C@@H]1C[C@@H]2C[C@H]([C@H]1C)C2(C)C)[C@@H]1C[C@@H]2C[C@H]([C@H]1C)C2(C)C)[Si](C)(C)c1ccccc1. The van der Waals surface area contributed by atoms with E-state index in [1.807, 2.05) is 0 Å². The monoisotopic (exact) mass is 460 g/mol. The Hall–Kier alpha value is -0.758. The Labute approximate surface area is 206 Å². The van der Waals surface area contributed by atoms with E-state index in [1.54, 1.807) is 10.4 Å². The summed E-state index contributed by atoms with van der Waals surface area (Å²) in [5.41, 5.74) is 1.16. The van der Waals surface area contributed by atoms with Gasteiger partial charge >= 0.3 is 0 Å². The van der Waals surface area contributed by atoms with E-state index in [-0.39, 0.29) is 0 Å². The van der Waals surface area contributed by atoms with Crippen LogP contribution in [-0.2, 0) is 0 Å². The lowest BCUT2D eigenvalue weighted by atomic mass is 9.20. The molecule has 0 amide bonds. The Morgan fingerprint density at radius 2 is 1.30 bits per heavy atom. The first-order valence-corrected chi connectivity index (χ1v) is 17.1. The minimum atomic E-state index is -1.68. The Balaban J connectivity index is 1.43. The zero-order chi connectivity index (χ0) is 23.9. The molecule has 0 saturated heterocycles. The van der Waals surface area contributed by atoms with Crippen molar-refractivity contribution < 1.29 is 0 Å². The highest BCUT2D eigenvalue weighted by molar-refractivity contribution is 6.96. The van der Waals surface area contributed by atoms with Gasteiger partial charge in [-0.2, -0.15) is 0 Å². The summed E-state index contributed by atoms with van der Waals surface area (Å²) in [6.07, 6.45) is 7.26. The maximum absolute atomic E-state index is 4.86. The molecule has 8 atom stereocenters. The highest BCUT2D eigenvalue weighted by atomic mass is 28.3. The molecule has 6 aliphatic rings. The summed E-state index contributed by atoms with van der Waals surface area (Å²) in [6, 6.07) is 11.4. The maximum atomic E-state index is 4.86. The smallest absolute Gasteiger partial charge is 0.104 e. The molecule has 0 nitrogen and oxygen atoms in total. The lowest BCUT2D eigenvalue weighted by Crippen LogP contribution is -2.60. The summed E-state index contributed by atoms with van der Waals surface area (Å²) in [5.74, 6) is 7.39. The van der Waals surface area contributed by atoms with Gasteiger partial charge in [0, 0.05) is 0 Å². The van der Waals surface area contributed by atoms with Gasteiger partial charge in [0.25, 0.3) is 0 Å². The first-order chi connectivity index (χ1) is 15.4. The van der Waals surface area contributed by atoms with Crippen molar-refractivity contribution in [3.8, 4) is 0 Å². The van der Waals surface area contributed by atoms with Gasteiger partial charge in [-0.1, -0.05) is 126 Å². The molecule has 0 aromatic heterocycles. The Kier molecular flexibility index (Phi) is 5.72. The van der Waals surface area contributed by atoms with Gasteiger partial charge in [0.05, 0.1) is 0 Å². The fourth-order valence-electron chi connectivity index (χ4n) is 9.73. The summed E-state index contributed by atoms with van der Waals surface area (Å²) >= 11 is 0. The van der Waals surface area contributed by atoms with Crippen LogP contribution in [0.15, 0.2) is 42.1 Å². The standard InChI is InChI=1S/C31H49BSi/c1-20(33(8,9)25-13-11-10-12-14-25)19-32(28-17-23-15-26(21(28)2)30(23,4)5)29-18-24-16-27(22(29)3)31(24,6)7/h10-14,21-24,26-29H,1,15-19H2,2-9H3/t21-,22-,23+,24+,26-,27-,28-,29-/m1/s1. The van der Waals surface area contributed by atoms with E-state index in [4.69, 9.17) is 6.58 Å². The normalized spacial score (nSPS) is 40.4. The van der Waals surface area contributed by atoms with Crippen LogP contribution >= 0.6 is 0 Å². The van der Waals surface area contributed by atoms with Crippen molar-refractivity contribution in [3.05, 3.63) is 42.1 Å². The second-order valence-corrected chi connectivity index (χ2v) is 19.2. The van der Waals surface area contributed by atoms with E-state index >= 15 is 0 Å². The molecule has 180 valence electrons. The van der Waals surface area contributed by atoms with Crippen LogP contribution in [0.25, 0.3) is 0 Å². The molecule has 0 N–H and O–H groups in total. The van der Waals surface area contributed by atoms with Gasteiger partial charge in [-0.3, -0.25) is 0 Å². The molecule has 6 saturated carbocycles. The van der Waals surface area contributed by atoms with Crippen molar-refractivity contribution in [2.75, 3.05) is 0 Å². The van der Waals surface area contributed by atoms with Gasteiger partial charge in [0.2, 0.25) is 0 Å². The van der Waals surface area contributed by atoms with E-state index in [0.29, 0.717) is 10.8 Å². The second kappa shape index (κ2) is 7.87. The number of fused-ring (bicyclic) bond motifs is 4. The van der Waals surface area contributed by atoms with E-state index in [2.05, 4.69) is 85.0 Å². The third-order valence-electron chi connectivity index (χ3n) is 12.8. The van der Waals surface area contributed by atoms with Crippen molar-refractivity contribution in [2.45, 2.75) is 98.3 Å². The molecule has 0 aliphatic heterocycles. The van der Waals surface area contributed by atoms with Crippen LogP contribution in [0.4, 0.5) is 0 Å². The quantitative estimate of drug-likeness (QED) is 0.374. The van der Waals surface area contributed by atoms with Gasteiger partial charge in [0.15, 0.2) is 6.71 Å². The predicted octanol–water partition coefficient (Wildman–Crippen LogP) is 8.34. The number of benzene rings is 1. The van der Waals surface area contributed by atoms with Gasteiger partial charge in [-0.25, -0.2) is 0 Å². The fourth-order valence-corrected chi connectivity index (χ4v) is 11.9. The van der Waals surface area contributed by atoms with Crippen molar-refractivity contribution in [2.24, 2.45) is 46.3 Å². The molecule has 0 heterocycles. The van der Waals surface area contributed by atoms with Crippen LogP contribution in [0, 0.1) is 46.3 Å². The van der Waals surface area contributed by atoms with E-state index in [0.717, 1.165) is 53.9 Å². The number of rotatable bonds is 6. The lowest BCUT2D eigenvalue weighted by Gasteiger charge is -2.66. The molecule has 2 heteroatoms. The molecule has 7 rings (SSSR count).